The van der Waals surface area contributed by atoms with Gasteiger partial charge in [0.2, 0.25) is 5.91 Å². The number of imidazole rings is 1. The molecule has 4 heterocycles. The first-order chi connectivity index (χ1) is 11.2. The summed E-state index contributed by atoms with van der Waals surface area (Å²) >= 11 is 1.76. The molecular formula is C17H21N3O2S. The maximum atomic E-state index is 12.0. The highest BCUT2D eigenvalue weighted by atomic mass is 32.1. The van der Waals surface area contributed by atoms with Crippen LogP contribution >= 0.6 is 11.3 Å². The molecule has 6 heteroatoms. The number of amides is 1. The predicted molar refractivity (Wildman–Crippen MR) is 89.4 cm³/mol. The van der Waals surface area contributed by atoms with Crippen molar-refractivity contribution < 1.29 is 9.53 Å². The van der Waals surface area contributed by atoms with Crippen LogP contribution in [-0.2, 0) is 22.5 Å². The number of rotatable bonds is 3. The standard InChI is InChI=1S/C17H21N3O2S/c1-22-11-16(21)19-6-4-17(5-7-19)9-15-18-10-13(20(15)12-17)14-3-2-8-23-14/h2-3,8,10H,4-7,9,11-12H2,1H3. The summed E-state index contributed by atoms with van der Waals surface area (Å²) in [6.45, 7) is 2.89. The minimum atomic E-state index is 0.109. The van der Waals surface area contributed by atoms with Crippen LogP contribution in [0.3, 0.4) is 0 Å². The SMILES string of the molecule is COCC(=O)N1CCC2(CC1)Cc1ncc(-c3cccs3)n1C2. The highest BCUT2D eigenvalue weighted by Gasteiger charge is 2.42. The summed E-state index contributed by atoms with van der Waals surface area (Å²) in [7, 11) is 1.57. The number of fused-ring (bicyclic) bond motifs is 1. The molecule has 2 aromatic heterocycles. The molecule has 0 bridgehead atoms. The molecule has 5 nitrogen and oxygen atoms in total. The number of hydrogen-bond acceptors (Lipinski definition) is 4. The smallest absolute Gasteiger partial charge is 0.248 e. The maximum absolute atomic E-state index is 12.0. The molecule has 2 aromatic rings. The van der Waals surface area contributed by atoms with Crippen molar-refractivity contribution >= 4 is 17.2 Å². The van der Waals surface area contributed by atoms with Gasteiger partial charge in [-0.1, -0.05) is 6.07 Å². The molecule has 2 aliphatic heterocycles. The van der Waals surface area contributed by atoms with E-state index in [2.05, 4.69) is 27.1 Å². The second-order valence-corrected chi connectivity index (χ2v) is 7.56. The van der Waals surface area contributed by atoms with Crippen molar-refractivity contribution in [3.63, 3.8) is 0 Å². The van der Waals surface area contributed by atoms with E-state index in [1.165, 1.54) is 16.4 Å². The van der Waals surface area contributed by atoms with Crippen LogP contribution in [0.1, 0.15) is 18.7 Å². The van der Waals surface area contributed by atoms with Crippen LogP contribution in [0.4, 0.5) is 0 Å². The average molecular weight is 331 g/mol. The molecular weight excluding hydrogens is 310 g/mol. The van der Waals surface area contributed by atoms with Crippen LogP contribution in [0, 0.1) is 5.41 Å². The van der Waals surface area contributed by atoms with Gasteiger partial charge in [-0.25, -0.2) is 4.98 Å². The van der Waals surface area contributed by atoms with Crippen LogP contribution < -0.4 is 0 Å². The Kier molecular flexibility index (Phi) is 3.73. The topological polar surface area (TPSA) is 47.4 Å². The molecule has 1 amide bonds. The van der Waals surface area contributed by atoms with Crippen LogP contribution in [-0.4, -0.2) is 47.2 Å². The van der Waals surface area contributed by atoms with Gasteiger partial charge in [0, 0.05) is 33.2 Å². The third kappa shape index (κ3) is 2.60. The van der Waals surface area contributed by atoms with Gasteiger partial charge in [-0.2, -0.15) is 0 Å². The van der Waals surface area contributed by atoms with Crippen molar-refractivity contribution in [3.05, 3.63) is 29.5 Å². The van der Waals surface area contributed by atoms with Gasteiger partial charge in [-0.15, -0.1) is 11.3 Å². The monoisotopic (exact) mass is 331 g/mol. The molecule has 1 spiro atoms. The van der Waals surface area contributed by atoms with Gasteiger partial charge in [0.15, 0.2) is 0 Å². The molecule has 23 heavy (non-hydrogen) atoms. The van der Waals surface area contributed by atoms with Crippen molar-refractivity contribution in [2.45, 2.75) is 25.8 Å². The lowest BCUT2D eigenvalue weighted by molar-refractivity contribution is -0.137. The van der Waals surface area contributed by atoms with Crippen molar-refractivity contribution in [2.75, 3.05) is 26.8 Å². The van der Waals surface area contributed by atoms with E-state index in [1.54, 1.807) is 18.4 Å². The normalized spacial score (nSPS) is 19.3. The second kappa shape index (κ2) is 5.76. The van der Waals surface area contributed by atoms with E-state index in [9.17, 15) is 4.79 Å². The number of aromatic nitrogens is 2. The van der Waals surface area contributed by atoms with Crippen LogP contribution in [0.5, 0.6) is 0 Å². The van der Waals surface area contributed by atoms with E-state index in [0.29, 0.717) is 0 Å². The Bertz CT molecular complexity index is 700. The predicted octanol–water partition coefficient (Wildman–Crippen LogP) is 2.42. The summed E-state index contributed by atoms with van der Waals surface area (Å²) in [5.74, 6) is 1.31. The minimum Gasteiger partial charge on any atom is -0.375 e. The van der Waals surface area contributed by atoms with Crippen LogP contribution in [0.15, 0.2) is 23.7 Å². The van der Waals surface area contributed by atoms with Gasteiger partial charge in [0.1, 0.15) is 12.4 Å². The molecule has 2 aliphatic rings. The van der Waals surface area contributed by atoms with Crippen molar-refractivity contribution in [1.82, 2.24) is 14.5 Å². The summed E-state index contributed by atoms with van der Waals surface area (Å²) in [5.41, 5.74) is 1.52. The largest absolute Gasteiger partial charge is 0.375 e. The number of thiophene rings is 1. The third-order valence-electron chi connectivity index (χ3n) is 5.18. The third-order valence-corrected chi connectivity index (χ3v) is 6.08. The van der Waals surface area contributed by atoms with E-state index < -0.39 is 0 Å². The first kappa shape index (κ1) is 14.9. The molecule has 1 saturated heterocycles. The number of likely N-dealkylation sites (tertiary alicyclic amines) is 1. The molecule has 0 radical (unpaired) electrons. The maximum Gasteiger partial charge on any atom is 0.248 e. The van der Waals surface area contributed by atoms with Crippen molar-refractivity contribution in [2.24, 2.45) is 5.41 Å². The number of carbonyl (C=O) groups excluding carboxylic acids is 1. The summed E-state index contributed by atoms with van der Waals surface area (Å²) in [4.78, 5) is 19.8. The second-order valence-electron chi connectivity index (χ2n) is 6.61. The Hall–Kier alpha value is -1.66. The number of methoxy groups -OCH3 is 1. The molecule has 0 atom stereocenters. The van der Waals surface area contributed by atoms with E-state index in [0.717, 1.165) is 38.9 Å². The van der Waals surface area contributed by atoms with Gasteiger partial charge < -0.3 is 14.2 Å². The van der Waals surface area contributed by atoms with Gasteiger partial charge in [0.05, 0.1) is 16.8 Å². The molecule has 4 rings (SSSR count). The average Bonchev–Trinajstić information content (AvgIpc) is 3.24. The Labute approximate surface area is 139 Å². The number of carbonyl (C=O) groups is 1. The van der Waals surface area contributed by atoms with Gasteiger partial charge in [0.25, 0.3) is 0 Å². The molecule has 0 saturated carbocycles. The fraction of sp³-hybridized carbons (Fsp3) is 0.529. The highest BCUT2D eigenvalue weighted by Crippen LogP contribution is 2.43. The quantitative estimate of drug-likeness (QED) is 0.868. The zero-order valence-electron chi connectivity index (χ0n) is 13.3. The fourth-order valence-electron chi connectivity index (χ4n) is 3.86. The van der Waals surface area contributed by atoms with Crippen molar-refractivity contribution in [1.29, 1.82) is 0 Å². The minimum absolute atomic E-state index is 0.109. The lowest BCUT2D eigenvalue weighted by atomic mass is 9.77. The Balaban J connectivity index is 1.48. The summed E-state index contributed by atoms with van der Waals surface area (Å²) in [5, 5.41) is 2.11. The van der Waals surface area contributed by atoms with Gasteiger partial charge in [-0.05, 0) is 29.7 Å². The van der Waals surface area contributed by atoms with E-state index >= 15 is 0 Å². The van der Waals surface area contributed by atoms with E-state index in [1.807, 2.05) is 11.1 Å². The first-order valence-electron chi connectivity index (χ1n) is 8.06. The number of ether oxygens (including phenoxy) is 1. The molecule has 0 unspecified atom stereocenters. The first-order valence-corrected chi connectivity index (χ1v) is 8.94. The number of hydrogen-bond donors (Lipinski definition) is 0. The zero-order valence-corrected chi connectivity index (χ0v) is 14.1. The fourth-order valence-corrected chi connectivity index (χ4v) is 4.60. The van der Waals surface area contributed by atoms with E-state index in [4.69, 9.17) is 4.74 Å². The molecule has 0 N–H and O–H groups in total. The van der Waals surface area contributed by atoms with Crippen LogP contribution in [0.2, 0.25) is 0 Å². The molecule has 0 aromatic carbocycles. The Morgan fingerprint density at radius 2 is 2.26 bits per heavy atom. The molecule has 1 fully saturated rings. The zero-order chi connectivity index (χ0) is 15.9. The lowest BCUT2D eigenvalue weighted by Crippen LogP contribution is -2.45. The van der Waals surface area contributed by atoms with E-state index in [-0.39, 0.29) is 17.9 Å². The van der Waals surface area contributed by atoms with Gasteiger partial charge in [-0.3, -0.25) is 4.79 Å². The lowest BCUT2D eigenvalue weighted by Gasteiger charge is -2.38. The summed E-state index contributed by atoms with van der Waals surface area (Å²) in [6, 6.07) is 4.25. The summed E-state index contributed by atoms with van der Waals surface area (Å²) < 4.78 is 7.35. The molecule has 122 valence electrons. The molecule has 0 aliphatic carbocycles. The Morgan fingerprint density at radius 1 is 1.43 bits per heavy atom. The number of nitrogens with zero attached hydrogens (tertiary/aromatic N) is 3. The Morgan fingerprint density at radius 3 is 2.96 bits per heavy atom. The summed E-state index contributed by atoms with van der Waals surface area (Å²) in [6.07, 6.45) is 5.14. The van der Waals surface area contributed by atoms with Gasteiger partial charge >= 0.3 is 0 Å². The van der Waals surface area contributed by atoms with Crippen molar-refractivity contribution in [3.8, 4) is 10.6 Å². The highest BCUT2D eigenvalue weighted by molar-refractivity contribution is 7.13. The number of piperidine rings is 1. The van der Waals surface area contributed by atoms with Crippen LogP contribution in [0.25, 0.3) is 10.6 Å².